The third-order valence-corrected chi connectivity index (χ3v) is 4.25. The molecule has 31 heavy (non-hydrogen) atoms. The fourth-order valence-electron chi connectivity index (χ4n) is 2.78. The number of rotatable bonds is 7. The molecule has 158 valence electrons. The SMILES string of the molecule is CCOc1ccccc1C=C(C(=O)Nc1ccccc1F)C(=O)Nc1ccccc1F. The molecule has 0 saturated heterocycles. The average molecular weight is 422 g/mol. The number of carbonyl (C=O) groups excluding carboxylic acids is 2. The van der Waals surface area contributed by atoms with Crippen molar-refractivity contribution in [2.45, 2.75) is 6.92 Å². The number of anilines is 2. The van der Waals surface area contributed by atoms with Crippen LogP contribution in [0.3, 0.4) is 0 Å². The third kappa shape index (κ3) is 5.54. The molecule has 0 aromatic heterocycles. The number of para-hydroxylation sites is 3. The average Bonchev–Trinajstić information content (AvgIpc) is 2.76. The van der Waals surface area contributed by atoms with E-state index in [1.54, 1.807) is 43.3 Å². The Kier molecular flexibility index (Phi) is 7.11. The molecule has 5 nitrogen and oxygen atoms in total. The maximum Gasteiger partial charge on any atom is 0.261 e. The molecule has 0 spiro atoms. The lowest BCUT2D eigenvalue weighted by molar-refractivity contribution is -0.118. The molecule has 0 aliphatic rings. The predicted molar refractivity (Wildman–Crippen MR) is 116 cm³/mol. The van der Waals surface area contributed by atoms with E-state index in [0.29, 0.717) is 17.9 Å². The lowest BCUT2D eigenvalue weighted by atomic mass is 10.1. The number of hydrogen-bond acceptors (Lipinski definition) is 3. The van der Waals surface area contributed by atoms with Crippen LogP contribution in [-0.4, -0.2) is 18.4 Å². The van der Waals surface area contributed by atoms with E-state index in [-0.39, 0.29) is 16.9 Å². The first-order chi connectivity index (χ1) is 15.0. The molecule has 3 aromatic rings. The third-order valence-electron chi connectivity index (χ3n) is 4.25. The number of nitrogens with one attached hydrogen (secondary N) is 2. The normalized spacial score (nSPS) is 10.2. The summed E-state index contributed by atoms with van der Waals surface area (Å²) < 4.78 is 33.5. The van der Waals surface area contributed by atoms with Crippen molar-refractivity contribution in [3.63, 3.8) is 0 Å². The highest BCUT2D eigenvalue weighted by Crippen LogP contribution is 2.23. The van der Waals surface area contributed by atoms with Crippen LogP contribution in [0.25, 0.3) is 6.08 Å². The Balaban J connectivity index is 1.99. The van der Waals surface area contributed by atoms with Crippen molar-refractivity contribution < 1.29 is 23.1 Å². The van der Waals surface area contributed by atoms with Gasteiger partial charge in [0.2, 0.25) is 0 Å². The lowest BCUT2D eigenvalue weighted by Gasteiger charge is -2.12. The van der Waals surface area contributed by atoms with Gasteiger partial charge < -0.3 is 15.4 Å². The zero-order valence-corrected chi connectivity index (χ0v) is 16.7. The first kappa shape index (κ1) is 21.7. The molecule has 3 aromatic carbocycles. The van der Waals surface area contributed by atoms with Crippen molar-refractivity contribution in [1.29, 1.82) is 0 Å². The molecule has 2 N–H and O–H groups in total. The van der Waals surface area contributed by atoms with E-state index in [1.165, 1.54) is 42.5 Å². The van der Waals surface area contributed by atoms with E-state index in [1.807, 2.05) is 0 Å². The van der Waals surface area contributed by atoms with E-state index in [0.717, 1.165) is 0 Å². The highest BCUT2D eigenvalue weighted by molar-refractivity contribution is 6.29. The summed E-state index contributed by atoms with van der Waals surface area (Å²) in [6, 6.07) is 18.0. The second-order valence-electron chi connectivity index (χ2n) is 6.40. The quantitative estimate of drug-likeness (QED) is 0.319. The Morgan fingerprint density at radius 2 is 1.29 bits per heavy atom. The van der Waals surface area contributed by atoms with Crippen molar-refractivity contribution in [1.82, 2.24) is 0 Å². The van der Waals surface area contributed by atoms with E-state index in [4.69, 9.17) is 4.74 Å². The minimum absolute atomic E-state index is 0.0878. The molecule has 0 bridgehead atoms. The predicted octanol–water partition coefficient (Wildman–Crippen LogP) is 5.02. The van der Waals surface area contributed by atoms with Crippen molar-refractivity contribution >= 4 is 29.3 Å². The van der Waals surface area contributed by atoms with Crippen LogP contribution >= 0.6 is 0 Å². The zero-order valence-electron chi connectivity index (χ0n) is 16.7. The molecule has 0 aliphatic carbocycles. The number of amides is 2. The molecule has 0 heterocycles. The molecule has 0 unspecified atom stereocenters. The van der Waals surface area contributed by atoms with Gasteiger partial charge in [-0.15, -0.1) is 0 Å². The summed E-state index contributed by atoms with van der Waals surface area (Å²) in [6.07, 6.45) is 1.32. The highest BCUT2D eigenvalue weighted by atomic mass is 19.1. The minimum atomic E-state index is -0.856. The number of benzene rings is 3. The van der Waals surface area contributed by atoms with Gasteiger partial charge in [-0.2, -0.15) is 0 Å². The Morgan fingerprint density at radius 1 is 0.806 bits per heavy atom. The smallest absolute Gasteiger partial charge is 0.261 e. The van der Waals surface area contributed by atoms with Gasteiger partial charge in [0.1, 0.15) is 23.0 Å². The van der Waals surface area contributed by atoms with Gasteiger partial charge in [0.05, 0.1) is 18.0 Å². The van der Waals surface area contributed by atoms with Crippen LogP contribution in [0.4, 0.5) is 20.2 Å². The van der Waals surface area contributed by atoms with Gasteiger partial charge in [-0.1, -0.05) is 42.5 Å². The summed E-state index contributed by atoms with van der Waals surface area (Å²) in [7, 11) is 0. The number of carbonyl (C=O) groups is 2. The summed E-state index contributed by atoms with van der Waals surface area (Å²) in [6.45, 7) is 2.18. The molecule has 3 rings (SSSR count). The van der Waals surface area contributed by atoms with Crippen LogP contribution in [-0.2, 0) is 9.59 Å². The molecular weight excluding hydrogens is 402 g/mol. The summed E-state index contributed by atoms with van der Waals surface area (Å²) in [5, 5.41) is 4.77. The maximum absolute atomic E-state index is 14.0. The Morgan fingerprint density at radius 3 is 1.81 bits per heavy atom. The first-order valence-electron chi connectivity index (χ1n) is 9.55. The number of halogens is 2. The summed E-state index contributed by atoms with van der Waals surface area (Å²) in [4.78, 5) is 25.8. The summed E-state index contributed by atoms with van der Waals surface area (Å²) in [5.74, 6) is -2.56. The molecule has 0 saturated carbocycles. The Bertz CT molecular complexity index is 1070. The summed E-state index contributed by atoms with van der Waals surface area (Å²) in [5.41, 5.74) is -0.0595. The van der Waals surface area contributed by atoms with Gasteiger partial charge >= 0.3 is 0 Å². The van der Waals surface area contributed by atoms with Crippen LogP contribution in [0.2, 0.25) is 0 Å². The lowest BCUT2D eigenvalue weighted by Crippen LogP contribution is -2.26. The van der Waals surface area contributed by atoms with Gasteiger partial charge in [0.25, 0.3) is 11.8 Å². The largest absolute Gasteiger partial charge is 0.493 e. The first-order valence-corrected chi connectivity index (χ1v) is 9.55. The monoisotopic (exact) mass is 422 g/mol. The fraction of sp³-hybridized carbons (Fsp3) is 0.0833. The highest BCUT2D eigenvalue weighted by Gasteiger charge is 2.21. The van der Waals surface area contributed by atoms with Crippen LogP contribution in [0.5, 0.6) is 5.75 Å². The van der Waals surface area contributed by atoms with E-state index in [2.05, 4.69) is 10.6 Å². The van der Waals surface area contributed by atoms with Crippen LogP contribution in [0, 0.1) is 11.6 Å². The van der Waals surface area contributed by atoms with E-state index >= 15 is 0 Å². The maximum atomic E-state index is 14.0. The van der Waals surface area contributed by atoms with Crippen molar-refractivity contribution in [2.24, 2.45) is 0 Å². The van der Waals surface area contributed by atoms with Crippen LogP contribution in [0.1, 0.15) is 12.5 Å². The van der Waals surface area contributed by atoms with Crippen LogP contribution in [0.15, 0.2) is 78.4 Å². The number of hydrogen-bond donors (Lipinski definition) is 2. The van der Waals surface area contributed by atoms with Gasteiger partial charge in [-0.25, -0.2) is 8.78 Å². The van der Waals surface area contributed by atoms with E-state index < -0.39 is 23.4 Å². The molecule has 0 atom stereocenters. The van der Waals surface area contributed by atoms with Gasteiger partial charge in [0, 0.05) is 5.56 Å². The second-order valence-corrected chi connectivity index (χ2v) is 6.40. The molecule has 0 radical (unpaired) electrons. The van der Waals surface area contributed by atoms with Crippen LogP contribution < -0.4 is 15.4 Å². The molecule has 7 heteroatoms. The molecular formula is C24H20F2N2O3. The van der Waals surface area contributed by atoms with E-state index in [9.17, 15) is 18.4 Å². The molecule has 2 amide bonds. The Hall–Kier alpha value is -4.00. The zero-order chi connectivity index (χ0) is 22.2. The fourth-order valence-corrected chi connectivity index (χ4v) is 2.78. The standard InChI is InChI=1S/C24H20F2N2O3/c1-2-31-22-14-8-3-9-16(22)15-17(23(29)27-20-12-6-4-10-18(20)25)24(30)28-21-13-7-5-11-19(21)26/h3-15H,2H2,1H3,(H,27,29)(H,28,30). The summed E-state index contributed by atoms with van der Waals surface area (Å²) >= 11 is 0. The second kappa shape index (κ2) is 10.2. The Labute approximate surface area is 178 Å². The topological polar surface area (TPSA) is 67.4 Å². The molecule has 0 aliphatic heterocycles. The number of ether oxygens (including phenoxy) is 1. The van der Waals surface area contributed by atoms with Crippen molar-refractivity contribution in [2.75, 3.05) is 17.2 Å². The van der Waals surface area contributed by atoms with Gasteiger partial charge in [0.15, 0.2) is 0 Å². The minimum Gasteiger partial charge on any atom is -0.493 e. The van der Waals surface area contributed by atoms with Crippen molar-refractivity contribution in [3.05, 3.63) is 95.6 Å². The van der Waals surface area contributed by atoms with Gasteiger partial charge in [-0.05, 0) is 43.3 Å². The van der Waals surface area contributed by atoms with Crippen molar-refractivity contribution in [3.8, 4) is 5.75 Å². The van der Waals surface area contributed by atoms with Gasteiger partial charge in [-0.3, -0.25) is 9.59 Å². The molecule has 0 fully saturated rings.